The minimum absolute atomic E-state index is 0.0433. The van der Waals surface area contributed by atoms with E-state index in [2.05, 4.69) is 35.9 Å². The van der Waals surface area contributed by atoms with E-state index < -0.39 is 0 Å². The van der Waals surface area contributed by atoms with Crippen LogP contribution in [0.4, 0.5) is 10.2 Å². The Morgan fingerprint density at radius 2 is 2.00 bits per heavy atom. The molecule has 158 valence electrons. The van der Waals surface area contributed by atoms with Crippen molar-refractivity contribution in [2.24, 2.45) is 7.05 Å². The summed E-state index contributed by atoms with van der Waals surface area (Å²) < 4.78 is 16.5. The van der Waals surface area contributed by atoms with Gasteiger partial charge in [-0.25, -0.2) is 14.4 Å². The van der Waals surface area contributed by atoms with Gasteiger partial charge in [0.2, 0.25) is 5.91 Å². The number of carbonyl (C=O) groups excluding carboxylic acids is 1. The van der Waals surface area contributed by atoms with Gasteiger partial charge in [0, 0.05) is 49.8 Å². The van der Waals surface area contributed by atoms with Gasteiger partial charge in [0.05, 0.1) is 18.1 Å². The molecule has 0 bridgehead atoms. The fraction of sp³-hybridized carbons (Fsp3) is 0.400. The number of fused-ring (bicyclic) bond motifs is 1. The third-order valence-corrected chi connectivity index (χ3v) is 5.79. The molecule has 3 aromatic rings. The van der Waals surface area contributed by atoms with Crippen LogP contribution < -0.4 is 4.90 Å². The van der Waals surface area contributed by atoms with Crippen molar-refractivity contribution in [2.45, 2.75) is 6.54 Å². The molecule has 0 unspecified atom stereocenters. The highest BCUT2D eigenvalue weighted by Crippen LogP contribution is 2.23. The third-order valence-electron chi connectivity index (χ3n) is 5.29. The van der Waals surface area contributed by atoms with Crippen LogP contribution in [-0.2, 0) is 18.4 Å². The van der Waals surface area contributed by atoms with Crippen LogP contribution in [0.2, 0.25) is 0 Å². The zero-order valence-electron chi connectivity index (χ0n) is 16.9. The highest BCUT2D eigenvalue weighted by molar-refractivity contribution is 9.10. The van der Waals surface area contributed by atoms with Gasteiger partial charge in [0.1, 0.15) is 18.0 Å². The number of likely N-dealkylation sites (N-methyl/N-ethyl adjacent to an activating group) is 1. The lowest BCUT2D eigenvalue weighted by Gasteiger charge is -2.36. The number of nitrogens with zero attached hydrogens (tertiary/aromatic N) is 7. The molecule has 1 saturated heterocycles. The molecule has 2 aromatic heterocycles. The average molecular weight is 476 g/mol. The molecule has 30 heavy (non-hydrogen) atoms. The predicted octanol–water partition coefficient (Wildman–Crippen LogP) is 2.05. The lowest BCUT2D eigenvalue weighted by atomic mass is 10.2. The first-order valence-corrected chi connectivity index (χ1v) is 10.5. The van der Waals surface area contributed by atoms with Crippen LogP contribution in [0.5, 0.6) is 0 Å². The second-order valence-corrected chi connectivity index (χ2v) is 8.39. The molecule has 1 aromatic carbocycles. The number of anilines is 1. The first-order valence-electron chi connectivity index (χ1n) is 9.70. The van der Waals surface area contributed by atoms with Gasteiger partial charge in [0.15, 0.2) is 5.65 Å². The van der Waals surface area contributed by atoms with Gasteiger partial charge in [-0.2, -0.15) is 5.10 Å². The molecule has 1 amide bonds. The van der Waals surface area contributed by atoms with Gasteiger partial charge in [0.25, 0.3) is 0 Å². The highest BCUT2D eigenvalue weighted by Gasteiger charge is 2.24. The van der Waals surface area contributed by atoms with Crippen molar-refractivity contribution in [3.63, 3.8) is 0 Å². The summed E-state index contributed by atoms with van der Waals surface area (Å²) in [6.07, 6.45) is 3.32. The summed E-state index contributed by atoms with van der Waals surface area (Å²) in [6.45, 7) is 3.23. The first kappa shape index (κ1) is 20.7. The lowest BCUT2D eigenvalue weighted by molar-refractivity contribution is -0.132. The smallest absolute Gasteiger partial charge is 0.236 e. The van der Waals surface area contributed by atoms with E-state index in [-0.39, 0.29) is 18.3 Å². The molecule has 0 atom stereocenters. The quantitative estimate of drug-likeness (QED) is 0.562. The fourth-order valence-corrected chi connectivity index (χ4v) is 4.12. The van der Waals surface area contributed by atoms with Crippen LogP contribution in [0.3, 0.4) is 0 Å². The van der Waals surface area contributed by atoms with Crippen molar-refractivity contribution < 1.29 is 9.18 Å². The number of aryl methyl sites for hydroxylation is 1. The molecule has 0 spiro atoms. The van der Waals surface area contributed by atoms with Crippen LogP contribution in [-0.4, -0.2) is 75.2 Å². The topological polar surface area (TPSA) is 70.4 Å². The summed E-state index contributed by atoms with van der Waals surface area (Å²) in [5.74, 6) is 0.627. The summed E-state index contributed by atoms with van der Waals surface area (Å²) in [6, 6.07) is 4.84. The molecule has 3 heterocycles. The molecule has 1 fully saturated rings. The monoisotopic (exact) mass is 475 g/mol. The van der Waals surface area contributed by atoms with Crippen molar-refractivity contribution in [1.29, 1.82) is 0 Å². The summed E-state index contributed by atoms with van der Waals surface area (Å²) in [4.78, 5) is 27.3. The zero-order chi connectivity index (χ0) is 21.3. The Labute approximate surface area is 182 Å². The van der Waals surface area contributed by atoms with Crippen molar-refractivity contribution in [3.8, 4) is 0 Å². The van der Waals surface area contributed by atoms with Crippen molar-refractivity contribution in [2.75, 3.05) is 44.7 Å². The Hall–Kier alpha value is -2.59. The van der Waals surface area contributed by atoms with E-state index in [1.54, 1.807) is 29.3 Å². The maximum absolute atomic E-state index is 14.0. The van der Waals surface area contributed by atoms with Crippen LogP contribution in [0, 0.1) is 5.82 Å². The van der Waals surface area contributed by atoms with E-state index >= 15 is 0 Å². The van der Waals surface area contributed by atoms with Gasteiger partial charge < -0.3 is 9.80 Å². The third kappa shape index (κ3) is 4.29. The summed E-state index contributed by atoms with van der Waals surface area (Å²) in [5.41, 5.74) is 1.36. The van der Waals surface area contributed by atoms with Crippen molar-refractivity contribution >= 4 is 38.7 Å². The zero-order valence-corrected chi connectivity index (χ0v) is 18.5. The van der Waals surface area contributed by atoms with Crippen LogP contribution in [0.1, 0.15) is 5.56 Å². The number of amides is 1. The lowest BCUT2D eigenvalue weighted by Crippen LogP contribution is -2.51. The number of piperazine rings is 1. The fourth-order valence-electron chi connectivity index (χ4n) is 3.71. The highest BCUT2D eigenvalue weighted by atomic mass is 79.9. The molecular weight excluding hydrogens is 453 g/mol. The van der Waals surface area contributed by atoms with E-state index in [0.717, 1.165) is 21.3 Å². The minimum Gasteiger partial charge on any atom is -0.352 e. The van der Waals surface area contributed by atoms with Crippen LogP contribution in [0.25, 0.3) is 11.0 Å². The van der Waals surface area contributed by atoms with Crippen molar-refractivity contribution in [3.05, 3.63) is 46.6 Å². The molecule has 0 saturated carbocycles. The number of carbonyl (C=O) groups is 1. The molecule has 0 N–H and O–H groups in total. The molecular formula is C20H23BrFN7O. The average Bonchev–Trinajstić information content (AvgIpc) is 3.12. The maximum atomic E-state index is 14.0. The van der Waals surface area contributed by atoms with Gasteiger partial charge in [-0.1, -0.05) is 15.9 Å². The molecule has 4 rings (SSSR count). The molecule has 8 nitrogen and oxygen atoms in total. The molecule has 0 aliphatic carbocycles. The SMILES string of the molecule is CN(CC(=O)N1CCN(c2ncnc3c2cnn3C)CC1)Cc1cc(Br)ccc1F. The Morgan fingerprint density at radius 1 is 1.23 bits per heavy atom. The van der Waals surface area contributed by atoms with E-state index in [0.29, 0.717) is 38.3 Å². The number of halogens is 2. The normalized spacial score (nSPS) is 14.7. The standard InChI is InChI=1S/C20H23BrFN7O/c1-26(11-14-9-15(21)3-4-17(14)22)12-18(30)28-5-7-29(8-6-28)20-16-10-25-27(2)19(16)23-13-24-20/h3-4,9-10,13H,5-8,11-12H2,1-2H3. The second-order valence-electron chi connectivity index (χ2n) is 7.48. The molecule has 1 aliphatic heterocycles. The summed E-state index contributed by atoms with van der Waals surface area (Å²) in [7, 11) is 3.68. The first-order chi connectivity index (χ1) is 14.4. The Balaban J connectivity index is 1.34. The Bertz CT molecular complexity index is 1060. The minimum atomic E-state index is -0.266. The van der Waals surface area contributed by atoms with Crippen LogP contribution >= 0.6 is 15.9 Å². The Kier molecular flexibility index (Phi) is 5.96. The Morgan fingerprint density at radius 3 is 2.77 bits per heavy atom. The number of hydrogen-bond donors (Lipinski definition) is 0. The number of benzene rings is 1. The van der Waals surface area contributed by atoms with Crippen LogP contribution in [0.15, 0.2) is 35.2 Å². The van der Waals surface area contributed by atoms with Gasteiger partial charge in [-0.3, -0.25) is 14.4 Å². The van der Waals surface area contributed by atoms with E-state index in [9.17, 15) is 9.18 Å². The molecule has 1 aliphatic rings. The second kappa shape index (κ2) is 8.65. The number of hydrogen-bond acceptors (Lipinski definition) is 6. The largest absolute Gasteiger partial charge is 0.352 e. The summed E-state index contributed by atoms with van der Waals surface area (Å²) >= 11 is 3.36. The van der Waals surface area contributed by atoms with Gasteiger partial charge in [-0.15, -0.1) is 0 Å². The molecule has 0 radical (unpaired) electrons. The number of aromatic nitrogens is 4. The van der Waals surface area contributed by atoms with Gasteiger partial charge in [-0.05, 0) is 25.2 Å². The summed E-state index contributed by atoms with van der Waals surface area (Å²) in [5, 5.41) is 5.17. The van der Waals surface area contributed by atoms with E-state index in [1.165, 1.54) is 6.07 Å². The van der Waals surface area contributed by atoms with Crippen molar-refractivity contribution in [1.82, 2.24) is 29.5 Å². The van der Waals surface area contributed by atoms with E-state index in [4.69, 9.17) is 0 Å². The van der Waals surface area contributed by atoms with Gasteiger partial charge >= 0.3 is 0 Å². The maximum Gasteiger partial charge on any atom is 0.236 e. The number of rotatable bonds is 5. The predicted molar refractivity (Wildman–Crippen MR) is 116 cm³/mol. The molecule has 10 heteroatoms. The van der Waals surface area contributed by atoms with E-state index in [1.807, 2.05) is 23.9 Å².